The predicted molar refractivity (Wildman–Crippen MR) is 93.4 cm³/mol. The van der Waals surface area contributed by atoms with Gasteiger partial charge in [0, 0.05) is 17.4 Å². The van der Waals surface area contributed by atoms with Crippen molar-refractivity contribution in [2.45, 2.75) is 19.5 Å². The molecule has 124 valence electrons. The number of carbonyl (C=O) groups is 1. The minimum atomic E-state index is -0.478. The molecule has 0 saturated carbocycles. The summed E-state index contributed by atoms with van der Waals surface area (Å²) in [4.78, 5) is 12.3. The fourth-order valence-electron chi connectivity index (χ4n) is 2.23. The first-order valence-electron chi connectivity index (χ1n) is 7.28. The Morgan fingerprint density at radius 1 is 1.21 bits per heavy atom. The Kier molecular flexibility index (Phi) is 4.87. The Morgan fingerprint density at radius 3 is 2.75 bits per heavy atom. The molecule has 0 aliphatic rings. The Labute approximate surface area is 149 Å². The molecule has 3 aromatic rings. The van der Waals surface area contributed by atoms with Gasteiger partial charge < -0.3 is 5.32 Å². The zero-order valence-electron chi connectivity index (χ0n) is 12.9. The van der Waals surface area contributed by atoms with Crippen molar-refractivity contribution < 1.29 is 4.79 Å². The summed E-state index contributed by atoms with van der Waals surface area (Å²) in [5.74, 6) is -0.197. The molecule has 1 unspecified atom stereocenters. The molecule has 0 spiro atoms. The Morgan fingerprint density at radius 2 is 2.04 bits per heavy atom. The van der Waals surface area contributed by atoms with Gasteiger partial charge in [-0.15, -0.1) is 0 Å². The van der Waals surface area contributed by atoms with E-state index in [0.717, 1.165) is 5.56 Å². The minimum absolute atomic E-state index is 0.197. The van der Waals surface area contributed by atoms with E-state index in [2.05, 4.69) is 15.5 Å². The zero-order chi connectivity index (χ0) is 17.1. The summed E-state index contributed by atoms with van der Waals surface area (Å²) >= 11 is 11.8. The molecule has 0 saturated heterocycles. The standard InChI is InChI=1S/C16H15Cl2N5O/c1-11(23-9-14(18)6-20-23)16(24)21-15-7-19-22(10-15)8-12-3-2-4-13(17)5-12/h2-7,9-11H,8H2,1H3,(H,21,24). The van der Waals surface area contributed by atoms with Crippen LogP contribution in [0.15, 0.2) is 49.1 Å². The van der Waals surface area contributed by atoms with E-state index >= 15 is 0 Å². The number of benzene rings is 1. The van der Waals surface area contributed by atoms with Gasteiger partial charge in [0.15, 0.2) is 0 Å². The van der Waals surface area contributed by atoms with E-state index in [1.54, 1.807) is 30.2 Å². The first-order chi connectivity index (χ1) is 11.5. The van der Waals surface area contributed by atoms with Crippen LogP contribution in [0.5, 0.6) is 0 Å². The molecule has 0 aliphatic carbocycles. The molecule has 1 N–H and O–H groups in total. The summed E-state index contributed by atoms with van der Waals surface area (Å²) in [6, 6.07) is 7.08. The lowest BCUT2D eigenvalue weighted by atomic mass is 10.2. The molecule has 6 nitrogen and oxygen atoms in total. The van der Waals surface area contributed by atoms with Gasteiger partial charge in [-0.05, 0) is 24.6 Å². The number of nitrogens with zero attached hydrogens (tertiary/aromatic N) is 4. The third-order valence-corrected chi connectivity index (χ3v) is 3.91. The van der Waals surface area contributed by atoms with Gasteiger partial charge in [-0.2, -0.15) is 10.2 Å². The van der Waals surface area contributed by atoms with Crippen LogP contribution < -0.4 is 5.32 Å². The van der Waals surface area contributed by atoms with Crippen molar-refractivity contribution in [1.82, 2.24) is 19.6 Å². The molecule has 0 radical (unpaired) electrons. The van der Waals surface area contributed by atoms with Crippen molar-refractivity contribution >= 4 is 34.8 Å². The van der Waals surface area contributed by atoms with E-state index in [1.165, 1.54) is 10.9 Å². The summed E-state index contributed by atoms with van der Waals surface area (Å²) in [5, 5.41) is 12.3. The van der Waals surface area contributed by atoms with Crippen molar-refractivity contribution in [2.75, 3.05) is 5.32 Å². The Balaban J connectivity index is 1.64. The highest BCUT2D eigenvalue weighted by Gasteiger charge is 2.16. The molecule has 0 bridgehead atoms. The third-order valence-electron chi connectivity index (χ3n) is 3.48. The SMILES string of the molecule is CC(C(=O)Nc1cnn(Cc2cccc(Cl)c2)c1)n1cc(Cl)cn1. The maximum absolute atomic E-state index is 12.3. The maximum Gasteiger partial charge on any atom is 0.249 e. The number of amides is 1. The van der Waals surface area contributed by atoms with Gasteiger partial charge in [0.25, 0.3) is 0 Å². The molecule has 0 aliphatic heterocycles. The monoisotopic (exact) mass is 363 g/mol. The number of aromatic nitrogens is 4. The second kappa shape index (κ2) is 7.07. The van der Waals surface area contributed by atoms with Crippen LogP contribution in [0.3, 0.4) is 0 Å². The van der Waals surface area contributed by atoms with Crippen LogP contribution in [0.2, 0.25) is 10.0 Å². The van der Waals surface area contributed by atoms with Gasteiger partial charge in [0.1, 0.15) is 6.04 Å². The molecule has 8 heteroatoms. The number of anilines is 1. The molecule has 2 heterocycles. The average Bonchev–Trinajstić information content (AvgIpc) is 3.16. The van der Waals surface area contributed by atoms with Gasteiger partial charge in [-0.3, -0.25) is 14.2 Å². The van der Waals surface area contributed by atoms with Gasteiger partial charge in [-0.25, -0.2) is 0 Å². The highest BCUT2D eigenvalue weighted by Crippen LogP contribution is 2.15. The topological polar surface area (TPSA) is 64.7 Å². The lowest BCUT2D eigenvalue weighted by Crippen LogP contribution is -2.23. The minimum Gasteiger partial charge on any atom is -0.322 e. The smallest absolute Gasteiger partial charge is 0.249 e. The first-order valence-corrected chi connectivity index (χ1v) is 8.04. The summed E-state index contributed by atoms with van der Waals surface area (Å²) in [6.45, 7) is 2.32. The largest absolute Gasteiger partial charge is 0.322 e. The van der Waals surface area contributed by atoms with E-state index in [1.807, 2.05) is 24.3 Å². The van der Waals surface area contributed by atoms with E-state index in [9.17, 15) is 4.79 Å². The van der Waals surface area contributed by atoms with Crippen molar-refractivity contribution in [3.8, 4) is 0 Å². The lowest BCUT2D eigenvalue weighted by Gasteiger charge is -2.11. The van der Waals surface area contributed by atoms with Gasteiger partial charge >= 0.3 is 0 Å². The van der Waals surface area contributed by atoms with Crippen LogP contribution in [0.1, 0.15) is 18.5 Å². The van der Waals surface area contributed by atoms with Crippen molar-refractivity contribution in [2.24, 2.45) is 0 Å². The number of hydrogen-bond donors (Lipinski definition) is 1. The third kappa shape index (κ3) is 3.96. The van der Waals surface area contributed by atoms with Crippen LogP contribution in [0, 0.1) is 0 Å². The van der Waals surface area contributed by atoms with E-state index < -0.39 is 6.04 Å². The normalized spacial score (nSPS) is 12.1. The molecular weight excluding hydrogens is 349 g/mol. The zero-order valence-corrected chi connectivity index (χ0v) is 14.4. The van der Waals surface area contributed by atoms with E-state index in [-0.39, 0.29) is 5.91 Å². The molecule has 1 amide bonds. The van der Waals surface area contributed by atoms with Crippen LogP contribution in [-0.2, 0) is 11.3 Å². The molecule has 1 atom stereocenters. The van der Waals surface area contributed by atoms with Crippen molar-refractivity contribution in [3.63, 3.8) is 0 Å². The second-order valence-electron chi connectivity index (χ2n) is 5.36. The number of rotatable bonds is 5. The molecule has 24 heavy (non-hydrogen) atoms. The van der Waals surface area contributed by atoms with Crippen LogP contribution in [-0.4, -0.2) is 25.5 Å². The highest BCUT2D eigenvalue weighted by molar-refractivity contribution is 6.30. The highest BCUT2D eigenvalue weighted by atomic mass is 35.5. The van der Waals surface area contributed by atoms with E-state index in [4.69, 9.17) is 23.2 Å². The second-order valence-corrected chi connectivity index (χ2v) is 6.23. The van der Waals surface area contributed by atoms with Crippen molar-refractivity contribution in [1.29, 1.82) is 0 Å². The summed E-state index contributed by atoms with van der Waals surface area (Å²) in [6.07, 6.45) is 6.47. The number of halogens is 2. The fourth-order valence-corrected chi connectivity index (χ4v) is 2.59. The number of hydrogen-bond acceptors (Lipinski definition) is 3. The number of carbonyl (C=O) groups excluding carboxylic acids is 1. The molecule has 1 aromatic carbocycles. The van der Waals surface area contributed by atoms with Gasteiger partial charge in [-0.1, -0.05) is 35.3 Å². The van der Waals surface area contributed by atoms with E-state index in [0.29, 0.717) is 22.3 Å². The molecule has 0 fully saturated rings. The van der Waals surface area contributed by atoms with Crippen LogP contribution in [0.4, 0.5) is 5.69 Å². The average molecular weight is 364 g/mol. The summed E-state index contributed by atoms with van der Waals surface area (Å²) in [5.41, 5.74) is 1.65. The number of nitrogens with one attached hydrogen (secondary N) is 1. The Hall–Kier alpha value is -2.31. The fraction of sp³-hybridized carbons (Fsp3) is 0.188. The lowest BCUT2D eigenvalue weighted by molar-refractivity contribution is -0.119. The Bertz CT molecular complexity index is 858. The predicted octanol–water partition coefficient (Wildman–Crippen LogP) is 3.63. The van der Waals surface area contributed by atoms with Crippen LogP contribution in [0.25, 0.3) is 0 Å². The van der Waals surface area contributed by atoms with Crippen LogP contribution >= 0.6 is 23.2 Å². The molecule has 3 rings (SSSR count). The summed E-state index contributed by atoms with van der Waals surface area (Å²) in [7, 11) is 0. The summed E-state index contributed by atoms with van der Waals surface area (Å²) < 4.78 is 3.24. The van der Waals surface area contributed by atoms with Gasteiger partial charge in [0.2, 0.25) is 5.91 Å². The molecular formula is C16H15Cl2N5O. The van der Waals surface area contributed by atoms with Gasteiger partial charge in [0.05, 0.1) is 29.6 Å². The van der Waals surface area contributed by atoms with Crippen molar-refractivity contribution in [3.05, 3.63) is 64.7 Å². The quantitative estimate of drug-likeness (QED) is 0.752. The first kappa shape index (κ1) is 16.5. The molecule has 2 aromatic heterocycles. The maximum atomic E-state index is 12.3.